The molecule has 2 unspecified atom stereocenters. The Morgan fingerprint density at radius 3 is 3.05 bits per heavy atom. The van der Waals surface area contributed by atoms with E-state index in [-0.39, 0.29) is 12.1 Å². The summed E-state index contributed by atoms with van der Waals surface area (Å²) in [4.78, 5) is 4.58. The number of fused-ring (bicyclic) bond motifs is 1. The van der Waals surface area contributed by atoms with E-state index in [4.69, 9.17) is 4.74 Å². The lowest BCUT2D eigenvalue weighted by Gasteiger charge is -2.31. The molecule has 0 amide bonds. The molecule has 0 radical (unpaired) electrons. The van der Waals surface area contributed by atoms with E-state index in [1.54, 1.807) is 0 Å². The molecule has 2 atom stereocenters. The van der Waals surface area contributed by atoms with Crippen LogP contribution in [0.1, 0.15) is 37.8 Å². The lowest BCUT2D eigenvalue weighted by Crippen LogP contribution is -2.36. The molecular formula is C17H22N2O. The van der Waals surface area contributed by atoms with Crippen LogP contribution in [-0.4, -0.2) is 24.2 Å². The molecule has 1 aromatic heterocycles. The van der Waals surface area contributed by atoms with Crippen LogP contribution in [0, 0.1) is 0 Å². The number of nitrogens with zero attached hydrogens (tertiary/aromatic N) is 1. The molecule has 0 bridgehead atoms. The summed E-state index contributed by atoms with van der Waals surface area (Å²) in [5.41, 5.74) is 2.29. The lowest BCUT2D eigenvalue weighted by atomic mass is 9.96. The van der Waals surface area contributed by atoms with E-state index >= 15 is 0 Å². The number of likely N-dealkylation sites (N-methyl/N-ethyl adjacent to an activating group) is 1. The van der Waals surface area contributed by atoms with Crippen molar-refractivity contribution in [2.24, 2.45) is 0 Å². The van der Waals surface area contributed by atoms with E-state index in [1.807, 2.05) is 12.3 Å². The summed E-state index contributed by atoms with van der Waals surface area (Å²) in [6, 6.07) is 10.8. The van der Waals surface area contributed by atoms with Crippen LogP contribution in [0.15, 0.2) is 36.5 Å². The van der Waals surface area contributed by atoms with Crippen molar-refractivity contribution in [1.82, 2.24) is 10.3 Å². The average Bonchev–Trinajstić information content (AvgIpc) is 2.53. The Morgan fingerprint density at radius 1 is 1.35 bits per heavy atom. The molecule has 1 saturated heterocycles. The van der Waals surface area contributed by atoms with E-state index in [1.165, 1.54) is 23.8 Å². The highest BCUT2D eigenvalue weighted by Crippen LogP contribution is 2.27. The minimum atomic E-state index is 0.248. The van der Waals surface area contributed by atoms with Crippen molar-refractivity contribution in [3.63, 3.8) is 0 Å². The minimum Gasteiger partial charge on any atom is -0.376 e. The van der Waals surface area contributed by atoms with Crippen molar-refractivity contribution < 1.29 is 4.74 Å². The molecule has 106 valence electrons. The predicted molar refractivity (Wildman–Crippen MR) is 81.8 cm³/mol. The number of benzene rings is 1. The first-order valence-corrected chi connectivity index (χ1v) is 7.58. The van der Waals surface area contributed by atoms with Gasteiger partial charge in [0.2, 0.25) is 0 Å². The van der Waals surface area contributed by atoms with Crippen LogP contribution in [0.25, 0.3) is 10.9 Å². The third-order valence-electron chi connectivity index (χ3n) is 3.98. The molecule has 20 heavy (non-hydrogen) atoms. The Hall–Kier alpha value is -1.45. The normalized spacial score (nSPS) is 20.9. The molecule has 3 heteroatoms. The number of nitrogens with one attached hydrogen (secondary N) is 1. The van der Waals surface area contributed by atoms with Crippen LogP contribution in [0.2, 0.25) is 0 Å². The number of pyridine rings is 1. The summed E-state index contributed by atoms with van der Waals surface area (Å²) >= 11 is 0. The van der Waals surface area contributed by atoms with Crippen LogP contribution < -0.4 is 5.32 Å². The second-order valence-corrected chi connectivity index (χ2v) is 5.40. The first-order chi connectivity index (χ1) is 9.88. The Bertz CT molecular complexity index is 564. The highest BCUT2D eigenvalue weighted by atomic mass is 16.5. The number of para-hydroxylation sites is 1. The van der Waals surface area contributed by atoms with E-state index in [0.29, 0.717) is 0 Å². The molecule has 0 aliphatic carbocycles. The van der Waals surface area contributed by atoms with Gasteiger partial charge in [0, 0.05) is 18.2 Å². The number of hydrogen-bond donors (Lipinski definition) is 1. The van der Waals surface area contributed by atoms with Crippen LogP contribution in [-0.2, 0) is 4.74 Å². The summed E-state index contributed by atoms with van der Waals surface area (Å²) in [6.45, 7) is 3.97. The van der Waals surface area contributed by atoms with Crippen LogP contribution in [0.4, 0.5) is 0 Å². The Morgan fingerprint density at radius 2 is 2.25 bits per heavy atom. The largest absolute Gasteiger partial charge is 0.376 e. The molecule has 1 aromatic carbocycles. The average molecular weight is 270 g/mol. The molecule has 2 aromatic rings. The van der Waals surface area contributed by atoms with Gasteiger partial charge in [-0.15, -0.1) is 0 Å². The van der Waals surface area contributed by atoms with Crippen LogP contribution in [0.3, 0.4) is 0 Å². The Kier molecular flexibility index (Phi) is 4.28. The zero-order chi connectivity index (χ0) is 13.8. The first-order valence-electron chi connectivity index (χ1n) is 7.58. The zero-order valence-electron chi connectivity index (χ0n) is 12.0. The topological polar surface area (TPSA) is 34.2 Å². The van der Waals surface area contributed by atoms with Crippen molar-refractivity contribution in [1.29, 1.82) is 0 Å². The highest BCUT2D eigenvalue weighted by molar-refractivity contribution is 5.78. The summed E-state index contributed by atoms with van der Waals surface area (Å²) < 4.78 is 5.97. The summed E-state index contributed by atoms with van der Waals surface area (Å²) in [5.74, 6) is 0. The second kappa shape index (κ2) is 6.33. The van der Waals surface area contributed by atoms with E-state index < -0.39 is 0 Å². The maximum Gasteiger partial charge on any atom is 0.0770 e. The smallest absolute Gasteiger partial charge is 0.0770 e. The quantitative estimate of drug-likeness (QED) is 0.924. The van der Waals surface area contributed by atoms with Crippen molar-refractivity contribution in [2.45, 2.75) is 38.3 Å². The first kappa shape index (κ1) is 13.5. The van der Waals surface area contributed by atoms with Crippen LogP contribution >= 0.6 is 0 Å². The van der Waals surface area contributed by atoms with Gasteiger partial charge < -0.3 is 10.1 Å². The zero-order valence-corrected chi connectivity index (χ0v) is 12.0. The molecule has 3 rings (SSSR count). The second-order valence-electron chi connectivity index (χ2n) is 5.40. The van der Waals surface area contributed by atoms with Gasteiger partial charge >= 0.3 is 0 Å². The van der Waals surface area contributed by atoms with Gasteiger partial charge in [0.15, 0.2) is 0 Å². The summed E-state index contributed by atoms with van der Waals surface area (Å²) in [6.07, 6.45) is 5.84. The fraction of sp³-hybridized carbons (Fsp3) is 0.471. The fourth-order valence-electron chi connectivity index (χ4n) is 2.97. The summed E-state index contributed by atoms with van der Waals surface area (Å²) in [7, 11) is 0. The third kappa shape index (κ3) is 2.84. The molecule has 3 nitrogen and oxygen atoms in total. The van der Waals surface area contributed by atoms with Gasteiger partial charge in [0.1, 0.15) is 0 Å². The maximum atomic E-state index is 5.97. The molecule has 0 saturated carbocycles. The van der Waals surface area contributed by atoms with Crippen molar-refractivity contribution in [3.8, 4) is 0 Å². The fourth-order valence-corrected chi connectivity index (χ4v) is 2.97. The van der Waals surface area contributed by atoms with Gasteiger partial charge in [-0.3, -0.25) is 4.98 Å². The number of rotatable bonds is 4. The Balaban J connectivity index is 1.91. The monoisotopic (exact) mass is 270 g/mol. The van der Waals surface area contributed by atoms with E-state index in [2.05, 4.69) is 41.5 Å². The third-order valence-corrected chi connectivity index (χ3v) is 3.98. The maximum absolute atomic E-state index is 5.97. The highest BCUT2D eigenvalue weighted by Gasteiger charge is 2.25. The molecule has 1 fully saturated rings. The molecule has 2 heterocycles. The van der Waals surface area contributed by atoms with E-state index in [9.17, 15) is 0 Å². The van der Waals surface area contributed by atoms with Gasteiger partial charge in [-0.2, -0.15) is 0 Å². The molecule has 0 spiro atoms. The molecule has 1 aliphatic rings. The number of ether oxygens (including phenoxy) is 1. The van der Waals surface area contributed by atoms with Gasteiger partial charge in [-0.1, -0.05) is 25.1 Å². The van der Waals surface area contributed by atoms with Gasteiger partial charge in [-0.25, -0.2) is 0 Å². The molecular weight excluding hydrogens is 248 g/mol. The minimum absolute atomic E-state index is 0.248. The molecule has 1 N–H and O–H groups in total. The molecule has 1 aliphatic heterocycles. The predicted octanol–water partition coefficient (Wildman–Crippen LogP) is 3.45. The summed E-state index contributed by atoms with van der Waals surface area (Å²) in [5, 5.41) is 4.77. The lowest BCUT2D eigenvalue weighted by molar-refractivity contribution is -0.00789. The van der Waals surface area contributed by atoms with E-state index in [0.717, 1.165) is 25.1 Å². The van der Waals surface area contributed by atoms with Gasteiger partial charge in [-0.05, 0) is 43.5 Å². The van der Waals surface area contributed by atoms with Gasteiger partial charge in [0.05, 0.1) is 17.7 Å². The standard InChI is InChI=1S/C17H22N2O/c1-2-18-17(16-9-5-6-10-20-16)14-11-13-7-3-4-8-15(13)19-12-14/h3-4,7-8,11-12,16-18H,2,5-6,9-10H2,1H3. The number of aromatic nitrogens is 1. The van der Waals surface area contributed by atoms with Crippen LogP contribution in [0.5, 0.6) is 0 Å². The van der Waals surface area contributed by atoms with Crippen molar-refractivity contribution in [2.75, 3.05) is 13.2 Å². The van der Waals surface area contributed by atoms with Crippen molar-refractivity contribution in [3.05, 3.63) is 42.1 Å². The SMILES string of the molecule is CCNC(c1cnc2ccccc2c1)C1CCCCO1. The van der Waals surface area contributed by atoms with Crippen molar-refractivity contribution >= 4 is 10.9 Å². The Labute approximate surface area is 120 Å². The van der Waals surface area contributed by atoms with Gasteiger partial charge in [0.25, 0.3) is 0 Å². The number of hydrogen-bond acceptors (Lipinski definition) is 3.